The van der Waals surface area contributed by atoms with Crippen LogP contribution in [0.15, 0.2) is 36.4 Å². The average molecular weight is 531 g/mol. The second-order valence-electron chi connectivity index (χ2n) is 12.0. The zero-order valence-corrected chi connectivity index (χ0v) is 22.1. The van der Waals surface area contributed by atoms with E-state index in [-0.39, 0.29) is 25.0 Å². The molecule has 0 radical (unpaired) electrons. The lowest BCUT2D eigenvalue weighted by Crippen LogP contribution is -2.76. The highest BCUT2D eigenvalue weighted by atomic mass is 16.7. The van der Waals surface area contributed by atoms with E-state index in [2.05, 4.69) is 0 Å². The summed E-state index contributed by atoms with van der Waals surface area (Å²) >= 11 is 0. The van der Waals surface area contributed by atoms with Crippen molar-refractivity contribution in [3.63, 3.8) is 0 Å². The summed E-state index contributed by atoms with van der Waals surface area (Å²) in [6.07, 6.45) is -0.660. The summed E-state index contributed by atoms with van der Waals surface area (Å²) in [5.41, 5.74) is -4.86. The maximum absolute atomic E-state index is 13.6. The second-order valence-corrected chi connectivity index (χ2v) is 12.0. The molecule has 2 saturated carbocycles. The fourth-order valence-electron chi connectivity index (χ4n) is 7.68. The van der Waals surface area contributed by atoms with Crippen LogP contribution in [0.3, 0.4) is 0 Å². The Morgan fingerprint density at radius 2 is 1.89 bits per heavy atom. The summed E-state index contributed by atoms with van der Waals surface area (Å²) in [4.78, 5) is 26.6. The van der Waals surface area contributed by atoms with Crippen molar-refractivity contribution in [1.29, 1.82) is 0 Å². The van der Waals surface area contributed by atoms with Gasteiger partial charge in [0.15, 0.2) is 6.29 Å². The van der Waals surface area contributed by atoms with Crippen molar-refractivity contribution in [3.8, 4) is 0 Å². The summed E-state index contributed by atoms with van der Waals surface area (Å²) in [5, 5.41) is 44.9. The van der Waals surface area contributed by atoms with Gasteiger partial charge in [0.1, 0.15) is 23.6 Å². The highest BCUT2D eigenvalue weighted by Gasteiger charge is 2.74. The standard InChI is InChI=1S/C29H38O9/c1-17-22(38-21(32)10-9-18-7-5-4-6-8-18)24(33)27(3)23(19(31)11-12-29(27,35)16-30)26(17,2)20-15-28(34)13-14-36-25(28)37-20/h4-10,17,20,22-25,30,33-35H,11-16H2,1-3H3/t17-,20+,22-,23-,24+,25+,26-,27+,28+,29+/m1/s1. The molecule has 38 heavy (non-hydrogen) atoms. The van der Waals surface area contributed by atoms with Crippen LogP contribution in [-0.4, -0.2) is 81.2 Å². The minimum Gasteiger partial charge on any atom is -0.456 e. The minimum absolute atomic E-state index is 0.0214. The molecule has 2 heterocycles. The first-order valence-corrected chi connectivity index (χ1v) is 13.4. The predicted octanol–water partition coefficient (Wildman–Crippen LogP) is 1.60. The van der Waals surface area contributed by atoms with Crippen LogP contribution in [0.2, 0.25) is 0 Å². The molecular formula is C29H38O9. The summed E-state index contributed by atoms with van der Waals surface area (Å²) in [7, 11) is 0. The number of carbonyl (C=O) groups excluding carboxylic acids is 2. The van der Waals surface area contributed by atoms with Crippen LogP contribution in [0, 0.1) is 22.7 Å². The summed E-state index contributed by atoms with van der Waals surface area (Å²) < 4.78 is 17.7. The quantitative estimate of drug-likeness (QED) is 0.330. The molecule has 9 nitrogen and oxygen atoms in total. The van der Waals surface area contributed by atoms with Crippen LogP contribution in [0.4, 0.5) is 0 Å². The zero-order chi connectivity index (χ0) is 27.5. The SMILES string of the molecule is C[C@@H]1[C@@H](OC(=O)C=Cc2ccccc2)[C@H](O)[C@]2(C)[C@H](C(=O)CC[C@]2(O)CO)[C@@]1(C)[C@@H]1C[C@@]2(O)CCO[C@H]2O1. The number of aliphatic hydroxyl groups is 4. The van der Waals surface area contributed by atoms with E-state index in [0.29, 0.717) is 13.0 Å². The van der Waals surface area contributed by atoms with Gasteiger partial charge >= 0.3 is 5.97 Å². The van der Waals surface area contributed by atoms with E-state index in [4.69, 9.17) is 14.2 Å². The van der Waals surface area contributed by atoms with Gasteiger partial charge in [-0.05, 0) is 18.1 Å². The molecule has 2 aliphatic heterocycles. The van der Waals surface area contributed by atoms with Gasteiger partial charge in [-0.15, -0.1) is 0 Å². The lowest BCUT2D eigenvalue weighted by atomic mass is 9.41. The Balaban J connectivity index is 1.54. The van der Waals surface area contributed by atoms with E-state index >= 15 is 0 Å². The molecule has 0 bridgehead atoms. The smallest absolute Gasteiger partial charge is 0.331 e. The van der Waals surface area contributed by atoms with Gasteiger partial charge in [0.25, 0.3) is 0 Å². The molecule has 1 aromatic rings. The summed E-state index contributed by atoms with van der Waals surface area (Å²) in [6, 6.07) is 9.22. The molecule has 2 saturated heterocycles. The van der Waals surface area contributed by atoms with Gasteiger partial charge in [0.05, 0.1) is 24.9 Å². The Bertz CT molecular complexity index is 1110. The highest BCUT2D eigenvalue weighted by Crippen LogP contribution is 2.65. The van der Waals surface area contributed by atoms with E-state index in [1.165, 1.54) is 6.08 Å². The first-order chi connectivity index (χ1) is 17.9. The molecule has 9 heteroatoms. The van der Waals surface area contributed by atoms with Crippen molar-refractivity contribution in [3.05, 3.63) is 42.0 Å². The van der Waals surface area contributed by atoms with Crippen LogP contribution < -0.4 is 0 Å². The van der Waals surface area contributed by atoms with Gasteiger partial charge in [-0.25, -0.2) is 4.79 Å². The lowest BCUT2D eigenvalue weighted by Gasteiger charge is -2.66. The van der Waals surface area contributed by atoms with Crippen molar-refractivity contribution in [1.82, 2.24) is 0 Å². The molecule has 4 fully saturated rings. The van der Waals surface area contributed by atoms with Gasteiger partial charge in [-0.1, -0.05) is 51.1 Å². The zero-order valence-electron chi connectivity index (χ0n) is 22.1. The largest absolute Gasteiger partial charge is 0.456 e. The third-order valence-corrected chi connectivity index (χ3v) is 10.2. The first kappa shape index (κ1) is 27.4. The first-order valence-electron chi connectivity index (χ1n) is 13.4. The van der Waals surface area contributed by atoms with Gasteiger partial charge in [-0.2, -0.15) is 0 Å². The third-order valence-electron chi connectivity index (χ3n) is 10.2. The normalized spacial score (nSPS) is 46.7. The number of aliphatic hydroxyl groups excluding tert-OH is 2. The third kappa shape index (κ3) is 3.90. The lowest BCUT2D eigenvalue weighted by molar-refractivity contribution is -0.294. The van der Waals surface area contributed by atoms with Crippen LogP contribution in [0.5, 0.6) is 0 Å². The predicted molar refractivity (Wildman–Crippen MR) is 135 cm³/mol. The number of Topliss-reactive ketones (excluding diaryl/α,β-unsaturated/α-hetero) is 1. The molecule has 5 rings (SSSR count). The Morgan fingerprint density at radius 1 is 1.18 bits per heavy atom. The van der Waals surface area contributed by atoms with Crippen LogP contribution in [-0.2, 0) is 23.8 Å². The van der Waals surface area contributed by atoms with Crippen molar-refractivity contribution >= 4 is 17.8 Å². The number of fused-ring (bicyclic) bond motifs is 2. The molecule has 0 unspecified atom stereocenters. The monoisotopic (exact) mass is 530 g/mol. The highest BCUT2D eigenvalue weighted by molar-refractivity contribution is 5.87. The van der Waals surface area contributed by atoms with E-state index in [9.17, 15) is 30.0 Å². The summed E-state index contributed by atoms with van der Waals surface area (Å²) in [5.74, 6) is -2.40. The van der Waals surface area contributed by atoms with E-state index < -0.39 is 71.0 Å². The minimum atomic E-state index is -1.81. The van der Waals surface area contributed by atoms with Crippen molar-refractivity contribution in [2.24, 2.45) is 22.7 Å². The van der Waals surface area contributed by atoms with Crippen LogP contribution >= 0.6 is 0 Å². The molecule has 0 amide bonds. The maximum atomic E-state index is 13.6. The molecule has 208 valence electrons. The number of hydrogen-bond donors (Lipinski definition) is 4. The Kier molecular flexibility index (Phi) is 6.86. The Labute approximate surface area is 222 Å². The number of rotatable bonds is 5. The number of carbonyl (C=O) groups is 2. The second kappa shape index (κ2) is 9.50. The molecule has 2 aliphatic carbocycles. The van der Waals surface area contributed by atoms with Gasteiger partial charge in [-0.3, -0.25) is 4.79 Å². The molecule has 1 aromatic carbocycles. The fraction of sp³-hybridized carbons (Fsp3) is 0.655. The Hall–Kier alpha value is -2.14. The topological polar surface area (TPSA) is 143 Å². The molecule has 4 N–H and O–H groups in total. The van der Waals surface area contributed by atoms with Gasteiger partial charge in [0, 0.05) is 48.0 Å². The van der Waals surface area contributed by atoms with Crippen molar-refractivity contribution in [2.75, 3.05) is 13.2 Å². The van der Waals surface area contributed by atoms with E-state index in [0.717, 1.165) is 5.56 Å². The summed E-state index contributed by atoms with van der Waals surface area (Å²) in [6.45, 7) is 4.90. The molecule has 10 atom stereocenters. The van der Waals surface area contributed by atoms with Crippen molar-refractivity contribution in [2.45, 2.75) is 82.3 Å². The van der Waals surface area contributed by atoms with E-state index in [1.807, 2.05) is 37.3 Å². The van der Waals surface area contributed by atoms with Crippen molar-refractivity contribution < 1.29 is 44.2 Å². The number of ketones is 1. The Morgan fingerprint density at radius 3 is 2.55 bits per heavy atom. The average Bonchev–Trinajstić information content (AvgIpc) is 3.42. The molecular weight excluding hydrogens is 492 g/mol. The number of hydrogen-bond acceptors (Lipinski definition) is 9. The molecule has 0 spiro atoms. The fourth-order valence-corrected chi connectivity index (χ4v) is 7.68. The number of benzene rings is 1. The molecule has 4 aliphatic rings. The van der Waals surface area contributed by atoms with Crippen LogP contribution in [0.1, 0.15) is 52.0 Å². The van der Waals surface area contributed by atoms with Gasteiger partial charge in [0.2, 0.25) is 0 Å². The van der Waals surface area contributed by atoms with Gasteiger partial charge < -0.3 is 34.6 Å². The van der Waals surface area contributed by atoms with E-state index in [1.54, 1.807) is 19.9 Å². The number of ether oxygens (including phenoxy) is 3. The maximum Gasteiger partial charge on any atom is 0.331 e. The van der Waals surface area contributed by atoms with Crippen LogP contribution in [0.25, 0.3) is 6.08 Å². The molecule has 0 aromatic heterocycles. The number of esters is 1.